The Labute approximate surface area is 146 Å². The summed E-state index contributed by atoms with van der Waals surface area (Å²) in [6, 6.07) is 6.35. The smallest absolute Gasteiger partial charge is 0.349 e. The minimum Gasteiger partial charge on any atom is -0.349 e. The maximum absolute atomic E-state index is 13.3. The van der Waals surface area contributed by atoms with E-state index < -0.39 is 29.5 Å². The second-order valence-corrected chi connectivity index (χ2v) is 6.20. The van der Waals surface area contributed by atoms with E-state index in [0.717, 1.165) is 24.6 Å². The van der Waals surface area contributed by atoms with Gasteiger partial charge in [0.25, 0.3) is 0 Å². The summed E-state index contributed by atoms with van der Waals surface area (Å²) in [5.41, 5.74) is -1.06. The minimum absolute atomic E-state index is 0.176. The van der Waals surface area contributed by atoms with Gasteiger partial charge in [0, 0.05) is 12.7 Å². The minimum atomic E-state index is -4.55. The molecule has 140 valence electrons. The second-order valence-electron chi connectivity index (χ2n) is 6.20. The van der Waals surface area contributed by atoms with Crippen molar-refractivity contribution in [1.82, 2.24) is 4.98 Å². The molecule has 1 aliphatic rings. The zero-order chi connectivity index (χ0) is 18.9. The first-order valence-electron chi connectivity index (χ1n) is 8.14. The van der Waals surface area contributed by atoms with Crippen molar-refractivity contribution in [1.29, 1.82) is 0 Å². The zero-order valence-electron chi connectivity index (χ0n) is 13.6. The lowest BCUT2D eigenvalue weighted by Crippen LogP contribution is -2.35. The third-order valence-electron chi connectivity index (χ3n) is 4.49. The molecule has 0 amide bonds. The van der Waals surface area contributed by atoms with Crippen LogP contribution in [0, 0.1) is 0 Å². The van der Waals surface area contributed by atoms with Gasteiger partial charge in [0.1, 0.15) is 5.82 Å². The highest BCUT2D eigenvalue weighted by atomic mass is 19.4. The molecule has 8 heteroatoms. The summed E-state index contributed by atoms with van der Waals surface area (Å²) in [5.74, 6) is -0.176. The highest BCUT2D eigenvalue weighted by Gasteiger charge is 2.38. The summed E-state index contributed by atoms with van der Waals surface area (Å²) in [5, 5.41) is 0. The van der Waals surface area contributed by atoms with Crippen molar-refractivity contribution in [3.63, 3.8) is 0 Å². The molecule has 0 saturated carbocycles. The summed E-state index contributed by atoms with van der Waals surface area (Å²) < 4.78 is 78.2. The molecule has 1 aromatic heterocycles. The number of pyridine rings is 1. The molecule has 1 aromatic carbocycles. The Morgan fingerprint density at radius 3 is 2.19 bits per heavy atom. The van der Waals surface area contributed by atoms with Gasteiger partial charge in [-0.3, -0.25) is 0 Å². The van der Waals surface area contributed by atoms with E-state index in [0.29, 0.717) is 24.9 Å². The van der Waals surface area contributed by atoms with Gasteiger partial charge in [-0.2, -0.15) is 26.3 Å². The lowest BCUT2D eigenvalue weighted by molar-refractivity contribution is -0.138. The maximum Gasteiger partial charge on any atom is 0.419 e. The molecule has 0 bridgehead atoms. The van der Waals surface area contributed by atoms with E-state index in [1.807, 2.05) is 0 Å². The third kappa shape index (κ3) is 3.78. The van der Waals surface area contributed by atoms with E-state index >= 15 is 0 Å². The molecular weight excluding hydrogens is 358 g/mol. The van der Waals surface area contributed by atoms with Crippen molar-refractivity contribution >= 4 is 5.82 Å². The first-order chi connectivity index (χ1) is 12.2. The standard InChI is InChI=1S/C18H16F6N2/c19-17(20,21)13-8-6-12(7-9-13)15-5-1-2-11-26(15)16-14(18(22,23)24)4-3-10-25-16/h3-4,6-10,15H,1-2,5,11H2. The Kier molecular flexibility index (Phi) is 4.86. The van der Waals surface area contributed by atoms with Crippen LogP contribution in [0.1, 0.15) is 42.0 Å². The first kappa shape index (κ1) is 18.5. The monoisotopic (exact) mass is 374 g/mol. The number of rotatable bonds is 2. The average molecular weight is 374 g/mol. The number of anilines is 1. The van der Waals surface area contributed by atoms with E-state index in [1.54, 1.807) is 4.90 Å². The van der Waals surface area contributed by atoms with Gasteiger partial charge in [-0.15, -0.1) is 0 Å². The molecule has 1 saturated heterocycles. The number of halogens is 6. The number of aromatic nitrogens is 1. The van der Waals surface area contributed by atoms with Crippen molar-refractivity contribution < 1.29 is 26.3 Å². The Hall–Kier alpha value is -2.25. The maximum atomic E-state index is 13.3. The molecule has 1 fully saturated rings. The Balaban J connectivity index is 1.97. The molecule has 2 heterocycles. The molecule has 0 aliphatic carbocycles. The molecule has 0 radical (unpaired) electrons. The van der Waals surface area contributed by atoms with Gasteiger partial charge in [0.2, 0.25) is 0 Å². The summed E-state index contributed by atoms with van der Waals surface area (Å²) in [6.07, 6.45) is -5.66. The molecule has 2 nitrogen and oxygen atoms in total. The van der Waals surface area contributed by atoms with Gasteiger partial charge in [-0.05, 0) is 49.1 Å². The van der Waals surface area contributed by atoms with Crippen LogP contribution in [0.3, 0.4) is 0 Å². The van der Waals surface area contributed by atoms with Gasteiger partial charge in [-0.25, -0.2) is 4.98 Å². The van der Waals surface area contributed by atoms with Crippen molar-refractivity contribution in [2.75, 3.05) is 11.4 Å². The fraction of sp³-hybridized carbons (Fsp3) is 0.389. The van der Waals surface area contributed by atoms with Crippen LogP contribution in [-0.4, -0.2) is 11.5 Å². The number of nitrogens with zero attached hydrogens (tertiary/aromatic N) is 2. The zero-order valence-corrected chi connectivity index (χ0v) is 13.6. The van der Waals surface area contributed by atoms with Crippen molar-refractivity contribution in [3.05, 3.63) is 59.3 Å². The number of hydrogen-bond acceptors (Lipinski definition) is 2. The van der Waals surface area contributed by atoms with E-state index in [4.69, 9.17) is 0 Å². The molecule has 26 heavy (non-hydrogen) atoms. The number of hydrogen-bond donors (Lipinski definition) is 0. The lowest BCUT2D eigenvalue weighted by atomic mass is 9.94. The lowest BCUT2D eigenvalue weighted by Gasteiger charge is -2.38. The molecule has 0 spiro atoms. The molecule has 1 atom stereocenters. The fourth-order valence-electron chi connectivity index (χ4n) is 3.27. The van der Waals surface area contributed by atoms with Crippen LogP contribution in [0.2, 0.25) is 0 Å². The number of benzene rings is 1. The quantitative estimate of drug-likeness (QED) is 0.613. The molecule has 1 aliphatic heterocycles. The van der Waals surface area contributed by atoms with E-state index in [2.05, 4.69) is 4.98 Å². The Morgan fingerprint density at radius 1 is 0.885 bits per heavy atom. The summed E-state index contributed by atoms with van der Waals surface area (Å²) >= 11 is 0. The summed E-state index contributed by atoms with van der Waals surface area (Å²) in [4.78, 5) is 5.48. The van der Waals surface area contributed by atoms with Gasteiger partial charge in [0.05, 0.1) is 17.2 Å². The summed E-state index contributed by atoms with van der Waals surface area (Å²) in [6.45, 7) is 0.367. The van der Waals surface area contributed by atoms with Crippen LogP contribution in [0.5, 0.6) is 0 Å². The molecule has 3 rings (SSSR count). The van der Waals surface area contributed by atoms with Crippen molar-refractivity contribution in [2.45, 2.75) is 37.7 Å². The van der Waals surface area contributed by atoms with Gasteiger partial charge >= 0.3 is 12.4 Å². The predicted octanol–water partition coefficient (Wildman–Crippen LogP) is 5.85. The fourth-order valence-corrected chi connectivity index (χ4v) is 3.27. The molecule has 1 unspecified atom stereocenters. The second kappa shape index (κ2) is 6.81. The van der Waals surface area contributed by atoms with Crippen molar-refractivity contribution in [2.24, 2.45) is 0 Å². The first-order valence-corrected chi connectivity index (χ1v) is 8.14. The topological polar surface area (TPSA) is 16.1 Å². The van der Waals surface area contributed by atoms with Crippen LogP contribution < -0.4 is 4.90 Å². The van der Waals surface area contributed by atoms with Crippen LogP contribution in [0.25, 0.3) is 0 Å². The normalized spacial score (nSPS) is 18.8. The van der Waals surface area contributed by atoms with Crippen LogP contribution in [0.15, 0.2) is 42.6 Å². The van der Waals surface area contributed by atoms with Crippen LogP contribution in [-0.2, 0) is 12.4 Å². The van der Waals surface area contributed by atoms with Gasteiger partial charge < -0.3 is 4.90 Å². The van der Waals surface area contributed by atoms with E-state index in [9.17, 15) is 26.3 Å². The highest BCUT2D eigenvalue weighted by molar-refractivity contribution is 5.51. The molecule has 2 aromatic rings. The van der Waals surface area contributed by atoms with Crippen LogP contribution in [0.4, 0.5) is 32.2 Å². The highest BCUT2D eigenvalue weighted by Crippen LogP contribution is 2.41. The summed E-state index contributed by atoms with van der Waals surface area (Å²) in [7, 11) is 0. The van der Waals surface area contributed by atoms with Gasteiger partial charge in [0.15, 0.2) is 0 Å². The van der Waals surface area contributed by atoms with Gasteiger partial charge in [-0.1, -0.05) is 12.1 Å². The van der Waals surface area contributed by atoms with E-state index in [-0.39, 0.29) is 5.82 Å². The largest absolute Gasteiger partial charge is 0.419 e. The van der Waals surface area contributed by atoms with E-state index in [1.165, 1.54) is 24.4 Å². The third-order valence-corrected chi connectivity index (χ3v) is 4.49. The number of alkyl halides is 6. The predicted molar refractivity (Wildman–Crippen MR) is 84.6 cm³/mol. The Morgan fingerprint density at radius 2 is 1.58 bits per heavy atom. The number of piperidine rings is 1. The SMILES string of the molecule is FC(F)(F)c1ccc(C2CCCCN2c2ncccc2C(F)(F)F)cc1. The average Bonchev–Trinajstić information content (AvgIpc) is 2.60. The molecule has 0 N–H and O–H groups in total. The van der Waals surface area contributed by atoms with Crippen LogP contribution >= 0.6 is 0 Å². The molecular formula is C18H16F6N2. The van der Waals surface area contributed by atoms with Crippen molar-refractivity contribution in [3.8, 4) is 0 Å². The Bertz CT molecular complexity index is 752.